The van der Waals surface area contributed by atoms with Crippen molar-refractivity contribution in [1.29, 1.82) is 0 Å². The van der Waals surface area contributed by atoms with Gasteiger partial charge in [0, 0.05) is 15.6 Å². The molecule has 2 nitrogen and oxygen atoms in total. The Hall–Kier alpha value is -1.29. The maximum absolute atomic E-state index is 12.5. The molecule has 0 bridgehead atoms. The summed E-state index contributed by atoms with van der Waals surface area (Å²) in [5.74, 6) is 0.152. The van der Waals surface area contributed by atoms with E-state index >= 15 is 0 Å². The molecule has 108 valence electrons. The van der Waals surface area contributed by atoms with Gasteiger partial charge in [-0.1, -0.05) is 57.8 Å². The lowest BCUT2D eigenvalue weighted by Crippen LogP contribution is -2.03. The molecule has 0 spiro atoms. The molecule has 0 heterocycles. The molecule has 5 heteroatoms. The van der Waals surface area contributed by atoms with Gasteiger partial charge in [-0.25, -0.2) is 0 Å². The third-order valence-corrected chi connectivity index (χ3v) is 4.37. The molecule has 2 aromatic rings. The number of Topliss-reactive ketones (excluding diaryl/α,β-unsaturated/α-hetero) is 1. The zero-order valence-corrected chi connectivity index (χ0v) is 14.2. The number of carbonyl (C=O) groups is 1. The van der Waals surface area contributed by atoms with Crippen LogP contribution in [0.25, 0.3) is 5.57 Å². The quantitative estimate of drug-likeness (QED) is 0.501. The number of ketones is 1. The van der Waals surface area contributed by atoms with Crippen molar-refractivity contribution in [2.45, 2.75) is 0 Å². The van der Waals surface area contributed by atoms with E-state index in [-0.39, 0.29) is 15.8 Å². The fourth-order valence-corrected chi connectivity index (χ4v) is 2.56. The Kier molecular flexibility index (Phi) is 5.09. The number of allylic oxidation sites excluding steroid dienone is 1. The van der Waals surface area contributed by atoms with Gasteiger partial charge >= 0.3 is 0 Å². The summed E-state index contributed by atoms with van der Waals surface area (Å²) >= 11 is 15.6. The predicted molar refractivity (Wildman–Crippen MR) is 90.5 cm³/mol. The lowest BCUT2D eigenvalue weighted by molar-refractivity contribution is 0.105. The lowest BCUT2D eigenvalue weighted by Gasteiger charge is -2.10. The van der Waals surface area contributed by atoms with Gasteiger partial charge in [0.05, 0.1) is 12.1 Å². The number of carbonyl (C=O) groups excluding carboxylic acids is 1. The van der Waals surface area contributed by atoms with E-state index < -0.39 is 0 Å². The fourth-order valence-electron chi connectivity index (χ4n) is 1.81. The highest BCUT2D eigenvalue weighted by Crippen LogP contribution is 2.36. The van der Waals surface area contributed by atoms with Gasteiger partial charge in [0.15, 0.2) is 5.78 Å². The Labute approximate surface area is 141 Å². The van der Waals surface area contributed by atoms with Crippen molar-refractivity contribution in [3.05, 3.63) is 68.6 Å². The Morgan fingerprint density at radius 3 is 2.29 bits per heavy atom. The van der Waals surface area contributed by atoms with Gasteiger partial charge in [0.1, 0.15) is 10.8 Å². The van der Waals surface area contributed by atoms with E-state index in [9.17, 15) is 4.79 Å². The number of hydrogen-bond donors (Lipinski definition) is 0. The molecular weight excluding hydrogens is 375 g/mol. The van der Waals surface area contributed by atoms with Gasteiger partial charge in [-0.05, 0) is 29.8 Å². The average molecular weight is 386 g/mol. The fraction of sp³-hybridized carbons (Fsp3) is 0.0625. The summed E-state index contributed by atoms with van der Waals surface area (Å²) in [5, 5.41) is 0.382. The van der Waals surface area contributed by atoms with E-state index in [2.05, 4.69) is 22.5 Å². The molecule has 0 aliphatic heterocycles. The molecule has 0 amide bonds. The summed E-state index contributed by atoms with van der Waals surface area (Å²) < 4.78 is 5.99. The van der Waals surface area contributed by atoms with Gasteiger partial charge in [-0.15, -0.1) is 0 Å². The SMILES string of the molecule is C=C(C(=O)c1ccc(OC)c(Cl)c1Cl)c1ccc(Br)cc1. The Morgan fingerprint density at radius 2 is 1.71 bits per heavy atom. The molecule has 2 rings (SSSR count). The average Bonchev–Trinajstić information content (AvgIpc) is 2.49. The van der Waals surface area contributed by atoms with Crippen LogP contribution in [0.1, 0.15) is 15.9 Å². The van der Waals surface area contributed by atoms with Crippen molar-refractivity contribution in [2.75, 3.05) is 7.11 Å². The monoisotopic (exact) mass is 384 g/mol. The van der Waals surface area contributed by atoms with Crippen molar-refractivity contribution in [1.82, 2.24) is 0 Å². The molecule has 0 saturated heterocycles. The normalized spacial score (nSPS) is 10.3. The third-order valence-electron chi connectivity index (χ3n) is 2.98. The van der Waals surface area contributed by atoms with Gasteiger partial charge in [-0.2, -0.15) is 0 Å². The summed E-state index contributed by atoms with van der Waals surface area (Å²) in [4.78, 5) is 12.5. The first-order valence-corrected chi connectivity index (χ1v) is 7.52. The molecule has 0 fully saturated rings. The van der Waals surface area contributed by atoms with Gasteiger partial charge in [0.25, 0.3) is 0 Å². The molecule has 0 atom stereocenters. The second kappa shape index (κ2) is 6.65. The van der Waals surface area contributed by atoms with Crippen LogP contribution in [-0.4, -0.2) is 12.9 Å². The first-order valence-electron chi connectivity index (χ1n) is 5.97. The van der Waals surface area contributed by atoms with Crippen LogP contribution in [0, 0.1) is 0 Å². The number of methoxy groups -OCH3 is 1. The van der Waals surface area contributed by atoms with Crippen molar-refractivity contribution in [3.63, 3.8) is 0 Å². The van der Waals surface area contributed by atoms with E-state index in [1.807, 2.05) is 24.3 Å². The molecule has 0 aliphatic rings. The second-order valence-corrected chi connectivity index (χ2v) is 5.93. The summed E-state index contributed by atoms with van der Waals surface area (Å²) in [5.41, 5.74) is 1.38. The van der Waals surface area contributed by atoms with Crippen LogP contribution in [0.5, 0.6) is 5.75 Å². The van der Waals surface area contributed by atoms with E-state index in [0.717, 1.165) is 10.0 Å². The number of rotatable bonds is 4. The molecule has 2 aromatic carbocycles. The molecule has 0 radical (unpaired) electrons. The van der Waals surface area contributed by atoms with Crippen molar-refractivity contribution < 1.29 is 9.53 Å². The Morgan fingerprint density at radius 1 is 1.10 bits per heavy atom. The minimum Gasteiger partial charge on any atom is -0.495 e. The standard InChI is InChI=1S/C16H11BrCl2O2/c1-9(10-3-5-11(17)6-4-10)16(20)12-7-8-13(21-2)15(19)14(12)18/h3-8H,1H2,2H3. The predicted octanol–water partition coefficient (Wildman–Crippen LogP) is 5.66. The number of benzene rings is 2. The highest BCUT2D eigenvalue weighted by Gasteiger charge is 2.19. The van der Waals surface area contributed by atoms with Crippen LogP contribution in [-0.2, 0) is 0 Å². The van der Waals surface area contributed by atoms with Gasteiger partial charge in [0.2, 0.25) is 0 Å². The van der Waals surface area contributed by atoms with Crippen LogP contribution >= 0.6 is 39.1 Å². The number of ether oxygens (including phenoxy) is 1. The highest BCUT2D eigenvalue weighted by atomic mass is 79.9. The molecular formula is C16H11BrCl2O2. The van der Waals surface area contributed by atoms with Crippen molar-refractivity contribution in [3.8, 4) is 5.75 Å². The minimum atomic E-state index is -0.271. The van der Waals surface area contributed by atoms with Gasteiger partial charge in [-0.3, -0.25) is 4.79 Å². The zero-order chi connectivity index (χ0) is 15.6. The van der Waals surface area contributed by atoms with E-state index in [0.29, 0.717) is 16.9 Å². The maximum Gasteiger partial charge on any atom is 0.194 e. The van der Waals surface area contributed by atoms with Crippen LogP contribution < -0.4 is 4.74 Å². The van der Waals surface area contributed by atoms with Crippen LogP contribution in [0.3, 0.4) is 0 Å². The highest BCUT2D eigenvalue weighted by molar-refractivity contribution is 9.10. The van der Waals surface area contributed by atoms with Crippen LogP contribution in [0.4, 0.5) is 0 Å². The summed E-state index contributed by atoms with van der Waals surface area (Å²) in [6, 6.07) is 10.5. The van der Waals surface area contributed by atoms with E-state index in [1.54, 1.807) is 12.1 Å². The van der Waals surface area contributed by atoms with Crippen LogP contribution in [0.15, 0.2) is 47.4 Å². The summed E-state index contributed by atoms with van der Waals surface area (Å²) in [6.07, 6.45) is 0. The molecule has 0 unspecified atom stereocenters. The maximum atomic E-state index is 12.5. The summed E-state index contributed by atoms with van der Waals surface area (Å²) in [7, 11) is 1.49. The molecule has 0 saturated carbocycles. The lowest BCUT2D eigenvalue weighted by atomic mass is 9.98. The minimum absolute atomic E-state index is 0.166. The smallest absolute Gasteiger partial charge is 0.194 e. The van der Waals surface area contributed by atoms with Crippen LogP contribution in [0.2, 0.25) is 10.0 Å². The molecule has 21 heavy (non-hydrogen) atoms. The van der Waals surface area contributed by atoms with E-state index in [1.165, 1.54) is 7.11 Å². The molecule has 0 aromatic heterocycles. The van der Waals surface area contributed by atoms with Crippen molar-refractivity contribution in [2.24, 2.45) is 0 Å². The topological polar surface area (TPSA) is 26.3 Å². The molecule has 0 N–H and O–H groups in total. The number of hydrogen-bond acceptors (Lipinski definition) is 2. The first kappa shape index (κ1) is 16.1. The largest absolute Gasteiger partial charge is 0.495 e. The third kappa shape index (κ3) is 3.31. The second-order valence-electron chi connectivity index (χ2n) is 4.26. The zero-order valence-electron chi connectivity index (χ0n) is 11.1. The number of halogens is 3. The molecule has 0 aliphatic carbocycles. The first-order chi connectivity index (χ1) is 9.95. The Balaban J connectivity index is 2.38. The summed E-state index contributed by atoms with van der Waals surface area (Å²) in [6.45, 7) is 3.85. The van der Waals surface area contributed by atoms with Gasteiger partial charge < -0.3 is 4.74 Å². The van der Waals surface area contributed by atoms with Crippen molar-refractivity contribution >= 4 is 50.5 Å². The van der Waals surface area contributed by atoms with E-state index in [4.69, 9.17) is 27.9 Å². The Bertz CT molecular complexity index is 709.